The minimum absolute atomic E-state index is 0.332. The number of halogens is 2. The fourth-order valence-electron chi connectivity index (χ4n) is 0.893. The molecule has 0 N–H and O–H groups in total. The fraction of sp³-hybridized carbons (Fsp3) is 0. The van der Waals surface area contributed by atoms with Crippen molar-refractivity contribution in [1.29, 1.82) is 0 Å². The molecule has 1 aromatic carbocycles. The van der Waals surface area contributed by atoms with E-state index in [4.69, 9.17) is 4.42 Å². The van der Waals surface area contributed by atoms with Gasteiger partial charge in [0.15, 0.2) is 12.0 Å². The molecule has 2 aromatic rings. The van der Waals surface area contributed by atoms with Crippen molar-refractivity contribution in [3.8, 4) is 0 Å². The van der Waals surface area contributed by atoms with Gasteiger partial charge < -0.3 is 4.42 Å². The quantitative estimate of drug-likeness (QED) is 0.676. The lowest BCUT2D eigenvalue weighted by atomic mass is 10.3. The third-order valence-electron chi connectivity index (χ3n) is 1.35. The van der Waals surface area contributed by atoms with E-state index in [-0.39, 0.29) is 5.82 Å². The molecule has 1 aromatic heterocycles. The van der Waals surface area contributed by atoms with Gasteiger partial charge in [-0.1, -0.05) is 0 Å². The van der Waals surface area contributed by atoms with Crippen molar-refractivity contribution in [3.63, 3.8) is 0 Å². The number of nitrogens with zero attached hydrogens (tertiary/aromatic N) is 1. The van der Waals surface area contributed by atoms with Crippen molar-refractivity contribution in [1.82, 2.24) is 4.98 Å². The summed E-state index contributed by atoms with van der Waals surface area (Å²) in [5.74, 6) is -0.332. The molecule has 0 saturated carbocycles. The van der Waals surface area contributed by atoms with Crippen LogP contribution in [0.3, 0.4) is 0 Å². The molecule has 56 valence electrons. The normalized spacial score (nSPS) is 10.7. The van der Waals surface area contributed by atoms with Gasteiger partial charge in [0.25, 0.3) is 0 Å². The second kappa shape index (κ2) is 2.30. The van der Waals surface area contributed by atoms with Crippen molar-refractivity contribution in [2.45, 2.75) is 0 Å². The molecule has 0 fully saturated rings. The van der Waals surface area contributed by atoms with Gasteiger partial charge in [-0.25, -0.2) is 9.37 Å². The molecule has 4 heteroatoms. The third kappa shape index (κ3) is 1.03. The minimum atomic E-state index is -0.332. The number of rotatable bonds is 0. The van der Waals surface area contributed by atoms with Crippen LogP contribution in [0.4, 0.5) is 4.39 Å². The number of hydrogen-bond acceptors (Lipinski definition) is 2. The van der Waals surface area contributed by atoms with Gasteiger partial charge in [-0.3, -0.25) is 0 Å². The Morgan fingerprint density at radius 2 is 2.27 bits per heavy atom. The number of hydrogen-bond donors (Lipinski definition) is 0. The molecule has 0 saturated heterocycles. The van der Waals surface area contributed by atoms with Gasteiger partial charge in [-0.05, 0) is 22.0 Å². The third-order valence-corrected chi connectivity index (χ3v) is 1.96. The van der Waals surface area contributed by atoms with E-state index in [1.165, 1.54) is 18.5 Å². The summed E-state index contributed by atoms with van der Waals surface area (Å²) in [7, 11) is 0. The van der Waals surface area contributed by atoms with Gasteiger partial charge in [0.05, 0.1) is 4.47 Å². The summed E-state index contributed by atoms with van der Waals surface area (Å²) in [6, 6.07) is 2.65. The molecule has 0 aliphatic carbocycles. The van der Waals surface area contributed by atoms with Crippen molar-refractivity contribution < 1.29 is 8.81 Å². The second-order valence-corrected chi connectivity index (χ2v) is 2.94. The first-order valence-electron chi connectivity index (χ1n) is 2.95. The molecule has 1 heterocycles. The number of aromatic nitrogens is 1. The van der Waals surface area contributed by atoms with Gasteiger partial charge in [0, 0.05) is 6.07 Å². The van der Waals surface area contributed by atoms with E-state index in [1.807, 2.05) is 0 Å². The average Bonchev–Trinajstić information content (AvgIpc) is 2.34. The zero-order valence-corrected chi connectivity index (χ0v) is 6.93. The lowest BCUT2D eigenvalue weighted by molar-refractivity contribution is 0.590. The van der Waals surface area contributed by atoms with Gasteiger partial charge in [-0.2, -0.15) is 0 Å². The SMILES string of the molecule is Fc1cc(Br)c2ncoc2c1. The van der Waals surface area contributed by atoms with Crippen molar-refractivity contribution in [3.05, 3.63) is 28.8 Å². The highest BCUT2D eigenvalue weighted by Crippen LogP contribution is 2.23. The Bertz CT molecular complexity index is 398. The van der Waals surface area contributed by atoms with Crippen LogP contribution in [0, 0.1) is 5.82 Å². The van der Waals surface area contributed by atoms with Gasteiger partial charge in [0.2, 0.25) is 0 Å². The molecular weight excluding hydrogens is 213 g/mol. The zero-order chi connectivity index (χ0) is 7.84. The monoisotopic (exact) mass is 215 g/mol. The Labute approximate surface area is 70.2 Å². The molecule has 0 unspecified atom stereocenters. The molecule has 0 aliphatic rings. The highest BCUT2D eigenvalue weighted by molar-refractivity contribution is 9.10. The molecule has 0 spiro atoms. The fourth-order valence-corrected chi connectivity index (χ4v) is 1.41. The minimum Gasteiger partial charge on any atom is -0.443 e. The number of benzene rings is 1. The summed E-state index contributed by atoms with van der Waals surface area (Å²) in [6.07, 6.45) is 1.29. The van der Waals surface area contributed by atoms with Crippen LogP contribution in [0.2, 0.25) is 0 Å². The van der Waals surface area contributed by atoms with Crippen molar-refractivity contribution in [2.24, 2.45) is 0 Å². The molecule has 0 bridgehead atoms. The predicted octanol–water partition coefficient (Wildman–Crippen LogP) is 2.73. The molecule has 2 rings (SSSR count). The maximum atomic E-state index is 12.7. The predicted molar refractivity (Wildman–Crippen MR) is 41.7 cm³/mol. The summed E-state index contributed by atoms with van der Waals surface area (Å²) < 4.78 is 18.2. The first-order chi connectivity index (χ1) is 5.27. The topological polar surface area (TPSA) is 26.0 Å². The largest absolute Gasteiger partial charge is 0.443 e. The summed E-state index contributed by atoms with van der Waals surface area (Å²) in [5.41, 5.74) is 1.10. The summed E-state index contributed by atoms with van der Waals surface area (Å²) in [4.78, 5) is 3.88. The molecule has 0 radical (unpaired) electrons. The van der Waals surface area contributed by atoms with Crippen LogP contribution < -0.4 is 0 Å². The zero-order valence-electron chi connectivity index (χ0n) is 5.34. The molecule has 0 atom stereocenters. The molecule has 0 amide bonds. The lowest BCUT2D eigenvalue weighted by Gasteiger charge is -1.90. The van der Waals surface area contributed by atoms with E-state index < -0.39 is 0 Å². The smallest absolute Gasteiger partial charge is 0.182 e. The van der Waals surface area contributed by atoms with E-state index >= 15 is 0 Å². The molecule has 0 aliphatic heterocycles. The van der Waals surface area contributed by atoms with E-state index in [0.29, 0.717) is 15.6 Å². The maximum absolute atomic E-state index is 12.7. The van der Waals surface area contributed by atoms with Crippen molar-refractivity contribution in [2.75, 3.05) is 0 Å². The Morgan fingerprint density at radius 3 is 3.09 bits per heavy atom. The second-order valence-electron chi connectivity index (χ2n) is 2.09. The van der Waals surface area contributed by atoms with Crippen LogP contribution in [-0.4, -0.2) is 4.98 Å². The highest BCUT2D eigenvalue weighted by atomic mass is 79.9. The molecular formula is C7H3BrFNO. The van der Waals surface area contributed by atoms with Crippen LogP contribution in [0.15, 0.2) is 27.4 Å². The standard InChI is InChI=1S/C7H3BrFNO/c8-5-1-4(9)2-6-7(5)10-3-11-6/h1-3H. The van der Waals surface area contributed by atoms with Gasteiger partial charge >= 0.3 is 0 Å². The first kappa shape index (κ1) is 6.79. The van der Waals surface area contributed by atoms with E-state index in [2.05, 4.69) is 20.9 Å². The Balaban J connectivity index is 2.91. The summed E-state index contributed by atoms with van der Waals surface area (Å²) in [6.45, 7) is 0. The van der Waals surface area contributed by atoms with Crippen molar-refractivity contribution >= 4 is 27.0 Å². The van der Waals surface area contributed by atoms with Gasteiger partial charge in [-0.15, -0.1) is 0 Å². The van der Waals surface area contributed by atoms with E-state index in [9.17, 15) is 4.39 Å². The van der Waals surface area contributed by atoms with Gasteiger partial charge in [0.1, 0.15) is 11.3 Å². The first-order valence-corrected chi connectivity index (χ1v) is 3.75. The average molecular weight is 216 g/mol. The number of fused-ring (bicyclic) bond motifs is 1. The van der Waals surface area contributed by atoms with Crippen LogP contribution >= 0.6 is 15.9 Å². The van der Waals surface area contributed by atoms with Crippen LogP contribution in [0.1, 0.15) is 0 Å². The van der Waals surface area contributed by atoms with E-state index in [1.54, 1.807) is 0 Å². The number of oxazole rings is 1. The molecule has 2 nitrogen and oxygen atoms in total. The van der Waals surface area contributed by atoms with Crippen LogP contribution in [0.25, 0.3) is 11.1 Å². The summed E-state index contributed by atoms with van der Waals surface area (Å²) >= 11 is 3.16. The lowest BCUT2D eigenvalue weighted by Crippen LogP contribution is -1.75. The Morgan fingerprint density at radius 1 is 1.45 bits per heavy atom. The Kier molecular flexibility index (Phi) is 1.42. The highest BCUT2D eigenvalue weighted by Gasteiger charge is 2.04. The maximum Gasteiger partial charge on any atom is 0.182 e. The summed E-state index contributed by atoms with van der Waals surface area (Å²) in [5, 5.41) is 0. The molecule has 11 heavy (non-hydrogen) atoms. The Hall–Kier alpha value is -0.900. The van der Waals surface area contributed by atoms with Crippen LogP contribution in [-0.2, 0) is 0 Å². The van der Waals surface area contributed by atoms with Crippen LogP contribution in [0.5, 0.6) is 0 Å². The van der Waals surface area contributed by atoms with E-state index in [0.717, 1.165) is 0 Å².